The summed E-state index contributed by atoms with van der Waals surface area (Å²) in [6, 6.07) is 6.54. The van der Waals surface area contributed by atoms with E-state index in [4.69, 9.17) is 9.97 Å². The van der Waals surface area contributed by atoms with E-state index in [1.165, 1.54) is 6.07 Å². The number of rotatable bonds is 4. The Morgan fingerprint density at radius 3 is 2.69 bits per heavy atom. The van der Waals surface area contributed by atoms with Crippen molar-refractivity contribution < 1.29 is 14.0 Å². The zero-order chi connectivity index (χ0) is 22.2. The van der Waals surface area contributed by atoms with Crippen LogP contribution in [0.3, 0.4) is 0 Å². The number of fused-ring (bicyclic) bond motifs is 1. The molecule has 1 aromatic carbocycles. The molecule has 1 aromatic heterocycles. The number of amides is 2. The number of hydrogen-bond donors (Lipinski definition) is 0. The highest BCUT2D eigenvalue weighted by atomic mass is 19.1. The number of halogens is 1. The molecule has 2 aliphatic heterocycles. The molecule has 2 fully saturated rings. The quantitative estimate of drug-likeness (QED) is 0.729. The van der Waals surface area contributed by atoms with E-state index < -0.39 is 0 Å². The lowest BCUT2D eigenvalue weighted by Crippen LogP contribution is -2.44. The number of nitrogens with zero attached hydrogens (tertiary/aromatic N) is 4. The number of likely N-dealkylation sites (tertiary alicyclic amines) is 1. The van der Waals surface area contributed by atoms with E-state index in [1.807, 2.05) is 11.8 Å². The highest BCUT2D eigenvalue weighted by Gasteiger charge is 2.35. The number of carbonyl (C=O) groups excluding carboxylic acids is 2. The normalized spacial score (nSPS) is 21.3. The average Bonchev–Trinajstić information content (AvgIpc) is 2.76. The summed E-state index contributed by atoms with van der Waals surface area (Å²) in [6.07, 6.45) is 5.98. The van der Waals surface area contributed by atoms with Crippen LogP contribution in [0.4, 0.5) is 10.2 Å². The molecule has 5 rings (SSSR count). The van der Waals surface area contributed by atoms with E-state index in [-0.39, 0.29) is 36.0 Å². The van der Waals surface area contributed by atoms with Crippen molar-refractivity contribution in [2.45, 2.75) is 64.3 Å². The topological polar surface area (TPSA) is 66.4 Å². The molecule has 1 saturated heterocycles. The Labute approximate surface area is 187 Å². The number of aromatic nitrogens is 2. The molecule has 0 unspecified atom stereocenters. The van der Waals surface area contributed by atoms with Gasteiger partial charge in [-0.25, -0.2) is 14.4 Å². The van der Waals surface area contributed by atoms with E-state index in [9.17, 15) is 14.0 Å². The highest BCUT2D eigenvalue weighted by Crippen LogP contribution is 2.35. The monoisotopic (exact) mass is 436 g/mol. The van der Waals surface area contributed by atoms with Gasteiger partial charge in [-0.1, -0.05) is 24.6 Å². The lowest BCUT2D eigenvalue weighted by molar-refractivity contribution is -0.139. The van der Waals surface area contributed by atoms with Gasteiger partial charge in [0.25, 0.3) is 0 Å². The van der Waals surface area contributed by atoms with Gasteiger partial charge in [0, 0.05) is 48.2 Å². The summed E-state index contributed by atoms with van der Waals surface area (Å²) in [6.45, 7) is 3.55. The second kappa shape index (κ2) is 8.60. The molecule has 2 aromatic rings. The second-order valence-corrected chi connectivity index (χ2v) is 9.29. The maximum Gasteiger partial charge on any atom is 0.228 e. The third kappa shape index (κ3) is 3.89. The van der Waals surface area contributed by atoms with Crippen LogP contribution >= 0.6 is 0 Å². The number of hydrogen-bond acceptors (Lipinski definition) is 4. The number of carbonyl (C=O) groups is 2. The van der Waals surface area contributed by atoms with Gasteiger partial charge in [0.2, 0.25) is 11.8 Å². The zero-order valence-electron chi connectivity index (χ0n) is 18.5. The van der Waals surface area contributed by atoms with Crippen LogP contribution in [0, 0.1) is 18.7 Å². The van der Waals surface area contributed by atoms with Crippen LogP contribution in [0.5, 0.6) is 0 Å². The van der Waals surface area contributed by atoms with E-state index in [0.717, 1.165) is 49.9 Å². The molecule has 6 nitrogen and oxygen atoms in total. The summed E-state index contributed by atoms with van der Waals surface area (Å²) >= 11 is 0. The van der Waals surface area contributed by atoms with Crippen LogP contribution < -0.4 is 4.90 Å². The maximum atomic E-state index is 14.3. The first-order valence-corrected chi connectivity index (χ1v) is 11.7. The van der Waals surface area contributed by atoms with Crippen LogP contribution in [0.1, 0.15) is 67.1 Å². The molecule has 0 bridgehead atoms. The second-order valence-electron chi connectivity index (χ2n) is 9.29. The molecule has 3 aliphatic rings. The van der Waals surface area contributed by atoms with Crippen molar-refractivity contribution in [3.05, 3.63) is 52.7 Å². The van der Waals surface area contributed by atoms with Crippen molar-refractivity contribution in [2.24, 2.45) is 5.92 Å². The van der Waals surface area contributed by atoms with E-state index in [2.05, 4.69) is 0 Å². The van der Waals surface area contributed by atoms with E-state index in [1.54, 1.807) is 23.1 Å². The van der Waals surface area contributed by atoms with Gasteiger partial charge in [0.05, 0.1) is 6.54 Å². The summed E-state index contributed by atoms with van der Waals surface area (Å²) in [5.41, 5.74) is 2.31. The Kier molecular flexibility index (Phi) is 5.66. The van der Waals surface area contributed by atoms with Crippen molar-refractivity contribution in [2.75, 3.05) is 18.0 Å². The third-order valence-electron chi connectivity index (χ3n) is 7.19. The Balaban J connectivity index is 1.43. The molecule has 3 heterocycles. The molecular weight excluding hydrogens is 407 g/mol. The van der Waals surface area contributed by atoms with Crippen LogP contribution in [-0.4, -0.2) is 39.8 Å². The number of anilines is 1. The predicted molar refractivity (Wildman–Crippen MR) is 119 cm³/mol. The molecule has 0 N–H and O–H groups in total. The van der Waals surface area contributed by atoms with Gasteiger partial charge in [-0.2, -0.15) is 0 Å². The first-order valence-electron chi connectivity index (χ1n) is 11.7. The summed E-state index contributed by atoms with van der Waals surface area (Å²) in [5.74, 6) is 1.45. The molecule has 1 atom stereocenters. The van der Waals surface area contributed by atoms with E-state index >= 15 is 0 Å². The number of aryl methyl sites for hydroxylation is 1. The minimum absolute atomic E-state index is 0.0461. The molecule has 1 aliphatic carbocycles. The Morgan fingerprint density at radius 1 is 1.12 bits per heavy atom. The third-order valence-corrected chi connectivity index (χ3v) is 7.19. The van der Waals surface area contributed by atoms with Crippen LogP contribution in [-0.2, 0) is 22.6 Å². The van der Waals surface area contributed by atoms with Crippen molar-refractivity contribution in [3.63, 3.8) is 0 Å². The van der Waals surface area contributed by atoms with Gasteiger partial charge in [-0.3, -0.25) is 14.5 Å². The predicted octanol–water partition coefficient (Wildman–Crippen LogP) is 3.91. The molecule has 0 radical (unpaired) electrons. The van der Waals surface area contributed by atoms with Crippen molar-refractivity contribution in [1.82, 2.24) is 14.9 Å². The fourth-order valence-electron chi connectivity index (χ4n) is 5.05. The van der Waals surface area contributed by atoms with Crippen LogP contribution in [0.25, 0.3) is 0 Å². The Hall–Kier alpha value is -2.83. The summed E-state index contributed by atoms with van der Waals surface area (Å²) < 4.78 is 14.3. The van der Waals surface area contributed by atoms with Gasteiger partial charge in [0.1, 0.15) is 17.5 Å². The minimum atomic E-state index is -0.323. The smallest absolute Gasteiger partial charge is 0.228 e. The summed E-state index contributed by atoms with van der Waals surface area (Å²) in [4.78, 5) is 38.9. The molecule has 7 heteroatoms. The van der Waals surface area contributed by atoms with Crippen molar-refractivity contribution in [3.8, 4) is 0 Å². The van der Waals surface area contributed by atoms with Gasteiger partial charge in [-0.15, -0.1) is 0 Å². The minimum Gasteiger partial charge on any atom is -0.342 e. The zero-order valence-corrected chi connectivity index (χ0v) is 18.5. The van der Waals surface area contributed by atoms with Gasteiger partial charge >= 0.3 is 0 Å². The maximum absolute atomic E-state index is 14.3. The van der Waals surface area contributed by atoms with Crippen LogP contribution in [0.15, 0.2) is 24.3 Å². The lowest BCUT2D eigenvalue weighted by Gasteiger charge is -2.37. The molecule has 1 saturated carbocycles. The molecule has 168 valence electrons. The van der Waals surface area contributed by atoms with Gasteiger partial charge in [0.15, 0.2) is 0 Å². The summed E-state index contributed by atoms with van der Waals surface area (Å²) in [7, 11) is 0. The largest absolute Gasteiger partial charge is 0.342 e. The van der Waals surface area contributed by atoms with Crippen molar-refractivity contribution in [1.29, 1.82) is 0 Å². The fraction of sp³-hybridized carbons (Fsp3) is 0.520. The summed E-state index contributed by atoms with van der Waals surface area (Å²) in [5, 5.41) is 0. The number of piperidine rings is 1. The first-order chi connectivity index (χ1) is 15.5. The lowest BCUT2D eigenvalue weighted by atomic mass is 9.83. The molecule has 0 spiro atoms. The van der Waals surface area contributed by atoms with Crippen LogP contribution in [0.2, 0.25) is 0 Å². The standard InChI is InChI=1S/C25H29FN4O2/c1-16-20-11-12-22(31)30(15-18-6-2-3-10-21(18)26)24(20)28-23(27-16)19-9-5-13-29(14-19)25(32)17-7-4-8-17/h2-3,6,10,17,19H,4-5,7-9,11-15H2,1H3/t19-/m1/s1. The molecule has 2 amide bonds. The average molecular weight is 437 g/mol. The van der Waals surface area contributed by atoms with Gasteiger partial charge < -0.3 is 4.90 Å². The molecule has 32 heavy (non-hydrogen) atoms. The number of benzene rings is 1. The van der Waals surface area contributed by atoms with Gasteiger partial charge in [-0.05, 0) is 45.1 Å². The fourth-order valence-corrected chi connectivity index (χ4v) is 5.05. The SMILES string of the molecule is Cc1nc([C@@H]2CCCN(C(=O)C3CCC3)C2)nc2c1CCC(=O)N2Cc1ccccc1F. The highest BCUT2D eigenvalue weighted by molar-refractivity contribution is 5.95. The Bertz CT molecular complexity index is 1050. The van der Waals surface area contributed by atoms with Crippen molar-refractivity contribution >= 4 is 17.6 Å². The Morgan fingerprint density at radius 2 is 1.94 bits per heavy atom. The van der Waals surface area contributed by atoms with E-state index in [0.29, 0.717) is 36.6 Å². The first kappa shape index (κ1) is 21.0. The molecular formula is C25H29FN4O2.